The van der Waals surface area contributed by atoms with Gasteiger partial charge in [-0.05, 0) is 47.3 Å². The molecular formula is C20H12F3N3O2S. The van der Waals surface area contributed by atoms with Crippen LogP contribution < -0.4 is 5.32 Å². The highest BCUT2D eigenvalue weighted by Gasteiger charge is 2.31. The van der Waals surface area contributed by atoms with Crippen molar-refractivity contribution >= 4 is 23.3 Å². The number of carbonyl (C=O) groups excluding carboxylic acids is 1. The van der Waals surface area contributed by atoms with Crippen molar-refractivity contribution in [1.82, 2.24) is 10.2 Å². The van der Waals surface area contributed by atoms with Gasteiger partial charge in [-0.1, -0.05) is 29.4 Å². The van der Waals surface area contributed by atoms with Crippen molar-refractivity contribution in [3.05, 3.63) is 77.2 Å². The Balaban J connectivity index is 1.53. The third-order valence-electron chi connectivity index (χ3n) is 4.01. The molecule has 0 fully saturated rings. The summed E-state index contributed by atoms with van der Waals surface area (Å²) < 4.78 is 43.9. The SMILES string of the molecule is O=C(Nc1nnc(-c2cccc(-c3cccs3)c2)o1)c1cccc(C(F)(F)F)c1. The van der Waals surface area contributed by atoms with E-state index in [-0.39, 0.29) is 17.5 Å². The molecule has 5 nitrogen and oxygen atoms in total. The number of benzene rings is 2. The van der Waals surface area contributed by atoms with Gasteiger partial charge in [-0.25, -0.2) is 0 Å². The van der Waals surface area contributed by atoms with Crippen LogP contribution in [0.5, 0.6) is 0 Å². The van der Waals surface area contributed by atoms with Crippen LogP contribution in [0.25, 0.3) is 21.9 Å². The summed E-state index contributed by atoms with van der Waals surface area (Å²) in [7, 11) is 0. The van der Waals surface area contributed by atoms with Gasteiger partial charge in [0.15, 0.2) is 0 Å². The van der Waals surface area contributed by atoms with E-state index in [2.05, 4.69) is 15.5 Å². The number of rotatable bonds is 4. The molecule has 146 valence electrons. The largest absolute Gasteiger partial charge is 0.416 e. The maximum Gasteiger partial charge on any atom is 0.416 e. The minimum Gasteiger partial charge on any atom is -0.403 e. The molecule has 2 aromatic heterocycles. The van der Waals surface area contributed by atoms with E-state index in [1.807, 2.05) is 35.7 Å². The molecule has 0 saturated carbocycles. The molecule has 0 spiro atoms. The predicted octanol–water partition coefficient (Wildman–Crippen LogP) is 5.74. The molecule has 29 heavy (non-hydrogen) atoms. The first kappa shape index (κ1) is 18.9. The monoisotopic (exact) mass is 415 g/mol. The first-order chi connectivity index (χ1) is 13.9. The van der Waals surface area contributed by atoms with E-state index >= 15 is 0 Å². The fourth-order valence-electron chi connectivity index (χ4n) is 2.64. The zero-order valence-corrected chi connectivity index (χ0v) is 15.4. The molecular weight excluding hydrogens is 403 g/mol. The van der Waals surface area contributed by atoms with Gasteiger partial charge in [0, 0.05) is 16.0 Å². The average Bonchev–Trinajstić information content (AvgIpc) is 3.40. The Morgan fingerprint density at radius 3 is 2.52 bits per heavy atom. The van der Waals surface area contributed by atoms with Crippen molar-refractivity contribution in [2.24, 2.45) is 0 Å². The molecule has 0 bridgehead atoms. The lowest BCUT2D eigenvalue weighted by atomic mass is 10.1. The van der Waals surface area contributed by atoms with Crippen molar-refractivity contribution in [3.8, 4) is 21.9 Å². The molecule has 1 N–H and O–H groups in total. The third kappa shape index (κ3) is 4.19. The Hall–Kier alpha value is -3.46. The Bertz CT molecular complexity index is 1150. The number of halogens is 3. The molecule has 0 radical (unpaired) electrons. The van der Waals surface area contributed by atoms with Crippen LogP contribution in [-0.2, 0) is 6.18 Å². The van der Waals surface area contributed by atoms with Crippen LogP contribution >= 0.6 is 11.3 Å². The summed E-state index contributed by atoms with van der Waals surface area (Å²) in [5.41, 5.74) is 0.550. The topological polar surface area (TPSA) is 68.0 Å². The van der Waals surface area contributed by atoms with E-state index < -0.39 is 17.6 Å². The van der Waals surface area contributed by atoms with Crippen LogP contribution in [0.2, 0.25) is 0 Å². The minimum atomic E-state index is -4.54. The summed E-state index contributed by atoms with van der Waals surface area (Å²) in [6.07, 6.45) is -4.54. The highest BCUT2D eigenvalue weighted by Crippen LogP contribution is 2.30. The highest BCUT2D eigenvalue weighted by atomic mass is 32.1. The van der Waals surface area contributed by atoms with Gasteiger partial charge in [0.05, 0.1) is 5.56 Å². The highest BCUT2D eigenvalue weighted by molar-refractivity contribution is 7.13. The fourth-order valence-corrected chi connectivity index (χ4v) is 3.37. The molecule has 1 amide bonds. The molecule has 0 unspecified atom stereocenters. The van der Waals surface area contributed by atoms with Gasteiger partial charge < -0.3 is 4.42 Å². The summed E-state index contributed by atoms with van der Waals surface area (Å²) >= 11 is 1.59. The molecule has 0 aliphatic heterocycles. The summed E-state index contributed by atoms with van der Waals surface area (Å²) in [5, 5.41) is 12.0. The van der Waals surface area contributed by atoms with Crippen LogP contribution in [0.3, 0.4) is 0 Å². The molecule has 0 atom stereocenters. The smallest absolute Gasteiger partial charge is 0.403 e. The molecule has 0 saturated heterocycles. The molecule has 4 aromatic rings. The van der Waals surface area contributed by atoms with Crippen molar-refractivity contribution in [2.45, 2.75) is 6.18 Å². The number of nitrogens with zero attached hydrogens (tertiary/aromatic N) is 2. The molecule has 2 aromatic carbocycles. The van der Waals surface area contributed by atoms with Gasteiger partial charge in [-0.2, -0.15) is 13.2 Å². The van der Waals surface area contributed by atoms with Crippen molar-refractivity contribution in [3.63, 3.8) is 0 Å². The van der Waals surface area contributed by atoms with Crippen LogP contribution in [0, 0.1) is 0 Å². The number of alkyl halides is 3. The molecule has 0 aliphatic carbocycles. The molecule has 0 aliphatic rings. The summed E-state index contributed by atoms with van der Waals surface area (Å²) in [5.74, 6) is -0.596. The first-order valence-electron chi connectivity index (χ1n) is 8.36. The first-order valence-corrected chi connectivity index (χ1v) is 9.24. The van der Waals surface area contributed by atoms with Gasteiger partial charge >= 0.3 is 12.2 Å². The van der Waals surface area contributed by atoms with Crippen molar-refractivity contribution < 1.29 is 22.4 Å². The number of nitrogens with one attached hydrogen (secondary N) is 1. The van der Waals surface area contributed by atoms with E-state index in [4.69, 9.17) is 4.42 Å². The Kier molecular flexibility index (Phi) is 4.89. The fraction of sp³-hybridized carbons (Fsp3) is 0.0500. The van der Waals surface area contributed by atoms with Crippen molar-refractivity contribution in [2.75, 3.05) is 5.32 Å². The third-order valence-corrected chi connectivity index (χ3v) is 4.93. The standard InChI is InChI=1S/C20H12F3N3O2S/c21-20(22,23)15-7-2-5-13(11-15)17(27)24-19-26-25-18(28-19)14-6-1-4-12(10-14)16-8-3-9-29-16/h1-11H,(H,24,26,27). The molecule has 9 heteroatoms. The number of carbonyl (C=O) groups is 1. The maximum absolute atomic E-state index is 12.8. The molecule has 2 heterocycles. The second-order valence-electron chi connectivity index (χ2n) is 6.00. The van der Waals surface area contributed by atoms with Crippen LogP contribution in [-0.4, -0.2) is 16.1 Å². The summed E-state index contributed by atoms with van der Waals surface area (Å²) in [4.78, 5) is 13.3. The van der Waals surface area contributed by atoms with Crippen molar-refractivity contribution in [1.29, 1.82) is 0 Å². The van der Waals surface area contributed by atoms with Gasteiger partial charge in [0.25, 0.3) is 5.91 Å². The van der Waals surface area contributed by atoms with Gasteiger partial charge in [0.1, 0.15) is 0 Å². The Morgan fingerprint density at radius 2 is 1.76 bits per heavy atom. The van der Waals surface area contributed by atoms with E-state index in [9.17, 15) is 18.0 Å². The molecule has 4 rings (SSSR count). The second kappa shape index (κ2) is 7.51. The zero-order chi connectivity index (χ0) is 20.4. The normalized spacial score (nSPS) is 11.4. The summed E-state index contributed by atoms with van der Waals surface area (Å²) in [6, 6.07) is 15.2. The van der Waals surface area contributed by atoms with Gasteiger partial charge in [-0.3, -0.25) is 10.1 Å². The number of amides is 1. The van der Waals surface area contributed by atoms with Crippen LogP contribution in [0.1, 0.15) is 15.9 Å². The number of hydrogen-bond donors (Lipinski definition) is 1. The number of anilines is 1. The average molecular weight is 415 g/mol. The van der Waals surface area contributed by atoms with E-state index in [0.717, 1.165) is 28.6 Å². The van der Waals surface area contributed by atoms with E-state index in [1.54, 1.807) is 17.4 Å². The Labute approximate surface area is 166 Å². The number of thiophene rings is 1. The number of hydrogen-bond acceptors (Lipinski definition) is 5. The second-order valence-corrected chi connectivity index (χ2v) is 6.95. The minimum absolute atomic E-state index is 0.167. The lowest BCUT2D eigenvalue weighted by Gasteiger charge is -2.07. The van der Waals surface area contributed by atoms with E-state index in [0.29, 0.717) is 5.56 Å². The number of aromatic nitrogens is 2. The predicted molar refractivity (Wildman–Crippen MR) is 102 cm³/mol. The summed E-state index contributed by atoms with van der Waals surface area (Å²) in [6.45, 7) is 0. The quantitative estimate of drug-likeness (QED) is 0.462. The van der Waals surface area contributed by atoms with E-state index in [1.165, 1.54) is 6.07 Å². The van der Waals surface area contributed by atoms with Gasteiger partial charge in [0.2, 0.25) is 5.89 Å². The maximum atomic E-state index is 12.8. The van der Waals surface area contributed by atoms with Crippen LogP contribution in [0.15, 0.2) is 70.5 Å². The van der Waals surface area contributed by atoms with Gasteiger partial charge in [-0.15, -0.1) is 16.4 Å². The lowest BCUT2D eigenvalue weighted by Crippen LogP contribution is -2.14. The zero-order valence-electron chi connectivity index (χ0n) is 14.6. The van der Waals surface area contributed by atoms with Crippen LogP contribution in [0.4, 0.5) is 19.2 Å². The lowest BCUT2D eigenvalue weighted by molar-refractivity contribution is -0.137. The Morgan fingerprint density at radius 1 is 0.966 bits per heavy atom.